The number of nitrogens with two attached hydrogens (primary N) is 1. The van der Waals surface area contributed by atoms with Crippen LogP contribution < -0.4 is 11.1 Å². The van der Waals surface area contributed by atoms with E-state index >= 15 is 0 Å². The van der Waals surface area contributed by atoms with Crippen LogP contribution in [0.2, 0.25) is 0 Å². The average Bonchev–Trinajstić information content (AvgIpc) is 2.52. The Kier molecular flexibility index (Phi) is 7.72. The summed E-state index contributed by atoms with van der Waals surface area (Å²) in [6.07, 6.45) is -0.338. The van der Waals surface area contributed by atoms with E-state index < -0.39 is 29.9 Å². The summed E-state index contributed by atoms with van der Waals surface area (Å²) in [6, 6.07) is 6.84. The maximum absolute atomic E-state index is 11.8. The third kappa shape index (κ3) is 7.39. The smallest absolute Gasteiger partial charge is 0.328 e. The SMILES string of the molecule is N[C@@H](CCC(=O)O)C(=O)N[C@H](COCc1ccccc1)C(=O)O. The van der Waals surface area contributed by atoms with Crippen molar-refractivity contribution in [3.8, 4) is 0 Å². The van der Waals surface area contributed by atoms with Crippen molar-refractivity contribution in [1.29, 1.82) is 0 Å². The fourth-order valence-corrected chi connectivity index (χ4v) is 1.73. The Hall–Kier alpha value is -2.45. The summed E-state index contributed by atoms with van der Waals surface area (Å²) in [5, 5.41) is 19.9. The monoisotopic (exact) mass is 324 g/mol. The summed E-state index contributed by atoms with van der Waals surface area (Å²) < 4.78 is 5.29. The molecule has 0 bridgehead atoms. The highest BCUT2D eigenvalue weighted by Crippen LogP contribution is 2.02. The zero-order valence-corrected chi connectivity index (χ0v) is 12.5. The van der Waals surface area contributed by atoms with Crippen molar-refractivity contribution in [2.45, 2.75) is 31.5 Å². The van der Waals surface area contributed by atoms with Crippen molar-refractivity contribution in [2.24, 2.45) is 5.73 Å². The molecule has 0 aliphatic heterocycles. The molecular weight excluding hydrogens is 304 g/mol. The molecule has 0 aliphatic rings. The number of carbonyl (C=O) groups is 3. The van der Waals surface area contributed by atoms with Crippen LogP contribution in [0.25, 0.3) is 0 Å². The van der Waals surface area contributed by atoms with Gasteiger partial charge >= 0.3 is 11.9 Å². The van der Waals surface area contributed by atoms with Crippen LogP contribution in [-0.2, 0) is 25.7 Å². The predicted molar refractivity (Wildman–Crippen MR) is 80.5 cm³/mol. The summed E-state index contributed by atoms with van der Waals surface area (Å²) in [4.78, 5) is 33.3. The van der Waals surface area contributed by atoms with Crippen LogP contribution in [0.3, 0.4) is 0 Å². The van der Waals surface area contributed by atoms with Gasteiger partial charge in [-0.05, 0) is 12.0 Å². The first-order valence-corrected chi connectivity index (χ1v) is 7.02. The quantitative estimate of drug-likeness (QED) is 0.473. The van der Waals surface area contributed by atoms with E-state index in [4.69, 9.17) is 20.7 Å². The number of hydrogen-bond donors (Lipinski definition) is 4. The molecule has 1 rings (SSSR count). The van der Waals surface area contributed by atoms with Crippen molar-refractivity contribution in [3.63, 3.8) is 0 Å². The van der Waals surface area contributed by atoms with Crippen LogP contribution >= 0.6 is 0 Å². The second-order valence-electron chi connectivity index (χ2n) is 4.94. The van der Waals surface area contributed by atoms with Gasteiger partial charge < -0.3 is 26.0 Å². The van der Waals surface area contributed by atoms with Crippen LogP contribution in [0.4, 0.5) is 0 Å². The minimum atomic E-state index is -1.25. The molecule has 0 spiro atoms. The molecule has 1 amide bonds. The highest BCUT2D eigenvalue weighted by atomic mass is 16.5. The van der Waals surface area contributed by atoms with Gasteiger partial charge in [-0.3, -0.25) is 9.59 Å². The molecule has 0 unspecified atom stereocenters. The van der Waals surface area contributed by atoms with Gasteiger partial charge in [-0.1, -0.05) is 30.3 Å². The summed E-state index contributed by atoms with van der Waals surface area (Å²) in [6.45, 7) is -0.00677. The second kappa shape index (κ2) is 9.54. The first-order chi connectivity index (χ1) is 10.9. The average molecular weight is 324 g/mol. The number of hydrogen-bond acceptors (Lipinski definition) is 5. The van der Waals surface area contributed by atoms with E-state index in [0.29, 0.717) is 0 Å². The van der Waals surface area contributed by atoms with E-state index in [0.717, 1.165) is 5.56 Å². The molecule has 0 heterocycles. The molecule has 1 aromatic rings. The number of rotatable bonds is 10. The Morgan fingerprint density at radius 2 is 1.83 bits per heavy atom. The lowest BCUT2D eigenvalue weighted by Crippen LogP contribution is -2.50. The first kappa shape index (κ1) is 18.6. The zero-order valence-electron chi connectivity index (χ0n) is 12.5. The number of nitrogens with one attached hydrogen (secondary N) is 1. The van der Waals surface area contributed by atoms with E-state index in [1.807, 2.05) is 30.3 Å². The lowest BCUT2D eigenvalue weighted by molar-refractivity contribution is -0.144. The largest absolute Gasteiger partial charge is 0.481 e. The molecule has 126 valence electrons. The van der Waals surface area contributed by atoms with E-state index in [1.54, 1.807) is 0 Å². The molecule has 0 aliphatic carbocycles. The number of carboxylic acids is 2. The number of ether oxygens (including phenoxy) is 1. The first-order valence-electron chi connectivity index (χ1n) is 7.02. The minimum Gasteiger partial charge on any atom is -0.481 e. The van der Waals surface area contributed by atoms with E-state index in [1.165, 1.54) is 0 Å². The van der Waals surface area contributed by atoms with Crippen molar-refractivity contribution < 1.29 is 29.3 Å². The Bertz CT molecular complexity index is 534. The number of benzene rings is 1. The van der Waals surface area contributed by atoms with E-state index in [2.05, 4.69) is 5.32 Å². The lowest BCUT2D eigenvalue weighted by Gasteiger charge is -2.17. The minimum absolute atomic E-state index is 0.0711. The molecule has 0 radical (unpaired) electrons. The van der Waals surface area contributed by atoms with Crippen molar-refractivity contribution >= 4 is 17.8 Å². The van der Waals surface area contributed by atoms with Crippen LogP contribution in [0, 0.1) is 0 Å². The van der Waals surface area contributed by atoms with Gasteiger partial charge in [0.1, 0.15) is 0 Å². The Labute approximate surface area is 133 Å². The lowest BCUT2D eigenvalue weighted by atomic mass is 10.1. The fraction of sp³-hybridized carbons (Fsp3) is 0.400. The third-order valence-electron chi connectivity index (χ3n) is 3.02. The van der Waals surface area contributed by atoms with Gasteiger partial charge in [0.05, 0.1) is 19.3 Å². The van der Waals surface area contributed by atoms with Crippen molar-refractivity contribution in [1.82, 2.24) is 5.32 Å². The number of aliphatic carboxylic acids is 2. The topological polar surface area (TPSA) is 139 Å². The molecule has 0 saturated heterocycles. The molecule has 23 heavy (non-hydrogen) atoms. The number of amides is 1. The van der Waals surface area contributed by atoms with Gasteiger partial charge in [0.15, 0.2) is 6.04 Å². The third-order valence-corrected chi connectivity index (χ3v) is 3.02. The second-order valence-corrected chi connectivity index (χ2v) is 4.94. The summed E-state index contributed by atoms with van der Waals surface area (Å²) in [5.74, 6) is -3.05. The van der Waals surface area contributed by atoms with Crippen LogP contribution in [0.15, 0.2) is 30.3 Å². The van der Waals surface area contributed by atoms with Gasteiger partial charge in [-0.15, -0.1) is 0 Å². The Morgan fingerprint density at radius 1 is 1.17 bits per heavy atom. The van der Waals surface area contributed by atoms with Gasteiger partial charge in [0, 0.05) is 6.42 Å². The Balaban J connectivity index is 2.43. The summed E-state index contributed by atoms with van der Waals surface area (Å²) in [7, 11) is 0. The normalized spacial score (nSPS) is 13.1. The highest BCUT2D eigenvalue weighted by molar-refractivity contribution is 5.87. The van der Waals surface area contributed by atoms with Gasteiger partial charge in [-0.25, -0.2) is 4.79 Å². The zero-order chi connectivity index (χ0) is 17.2. The molecule has 1 aromatic carbocycles. The molecule has 0 fully saturated rings. The van der Waals surface area contributed by atoms with Crippen LogP contribution in [0.1, 0.15) is 18.4 Å². The number of carboxylic acid groups (broad SMARTS) is 2. The summed E-state index contributed by atoms with van der Waals surface area (Å²) >= 11 is 0. The standard InChI is InChI=1S/C15H20N2O6/c16-11(6-7-13(18)19)14(20)17-12(15(21)22)9-23-8-10-4-2-1-3-5-10/h1-5,11-12H,6-9,16H2,(H,17,20)(H,18,19)(H,21,22)/t11-,12+/m0/s1. The molecule has 0 aromatic heterocycles. The van der Waals surface area contributed by atoms with Crippen LogP contribution in [-0.4, -0.2) is 46.7 Å². The maximum Gasteiger partial charge on any atom is 0.328 e. The molecule has 8 heteroatoms. The molecule has 8 nitrogen and oxygen atoms in total. The fourth-order valence-electron chi connectivity index (χ4n) is 1.73. The Morgan fingerprint density at radius 3 is 2.39 bits per heavy atom. The van der Waals surface area contributed by atoms with E-state index in [-0.39, 0.29) is 26.1 Å². The molecule has 2 atom stereocenters. The highest BCUT2D eigenvalue weighted by Gasteiger charge is 2.23. The van der Waals surface area contributed by atoms with Crippen LogP contribution in [0.5, 0.6) is 0 Å². The van der Waals surface area contributed by atoms with Gasteiger partial charge in [-0.2, -0.15) is 0 Å². The maximum atomic E-state index is 11.8. The molecule has 0 saturated carbocycles. The summed E-state index contributed by atoms with van der Waals surface area (Å²) in [5.41, 5.74) is 6.40. The van der Waals surface area contributed by atoms with Crippen molar-refractivity contribution in [2.75, 3.05) is 6.61 Å². The van der Waals surface area contributed by atoms with Crippen molar-refractivity contribution in [3.05, 3.63) is 35.9 Å². The van der Waals surface area contributed by atoms with Gasteiger partial charge in [0.2, 0.25) is 5.91 Å². The van der Waals surface area contributed by atoms with E-state index in [9.17, 15) is 14.4 Å². The molecule has 5 N–H and O–H groups in total. The number of carbonyl (C=O) groups excluding carboxylic acids is 1. The molecular formula is C15H20N2O6. The van der Waals surface area contributed by atoms with Gasteiger partial charge in [0.25, 0.3) is 0 Å². The predicted octanol–water partition coefficient (Wildman–Crippen LogP) is -0.0353.